The quantitative estimate of drug-likeness (QED) is 0.534. The van der Waals surface area contributed by atoms with Crippen LogP contribution >= 0.6 is 11.8 Å². The van der Waals surface area contributed by atoms with Crippen LogP contribution in [0.3, 0.4) is 0 Å². The Kier molecular flexibility index (Phi) is 6.01. The molecule has 11 heteroatoms. The van der Waals surface area contributed by atoms with Gasteiger partial charge in [0.05, 0.1) is 16.3 Å². The van der Waals surface area contributed by atoms with Gasteiger partial charge in [-0.3, -0.25) is 15.0 Å². The molecule has 1 aromatic heterocycles. The number of thioether (sulfide) groups is 1. The Balaban J connectivity index is 1.64. The lowest BCUT2D eigenvalue weighted by Gasteiger charge is -2.25. The summed E-state index contributed by atoms with van der Waals surface area (Å²) in [5.41, 5.74) is 0.656. The van der Waals surface area contributed by atoms with Gasteiger partial charge in [0.15, 0.2) is 0 Å². The number of alkyl halides is 3. The van der Waals surface area contributed by atoms with Gasteiger partial charge >= 0.3 is 12.2 Å². The van der Waals surface area contributed by atoms with Gasteiger partial charge in [0.2, 0.25) is 5.91 Å². The lowest BCUT2D eigenvalue weighted by molar-refractivity contribution is -0.138. The summed E-state index contributed by atoms with van der Waals surface area (Å²) in [6, 6.07) is 9.91. The Morgan fingerprint density at radius 3 is 2.47 bits per heavy atom. The number of carbonyl (C=O) groups is 3. The maximum atomic E-state index is 12.9. The van der Waals surface area contributed by atoms with Crippen LogP contribution in [0, 0.1) is 0 Å². The molecule has 0 aliphatic carbocycles. The van der Waals surface area contributed by atoms with Crippen LogP contribution in [-0.4, -0.2) is 33.6 Å². The van der Waals surface area contributed by atoms with E-state index in [9.17, 15) is 27.6 Å². The molecule has 1 unspecified atom stereocenters. The minimum absolute atomic E-state index is 0.197. The molecule has 1 fully saturated rings. The van der Waals surface area contributed by atoms with Gasteiger partial charge in [-0.2, -0.15) is 18.2 Å². The predicted octanol–water partition coefficient (Wildman–Crippen LogP) is 3.08. The third-order valence-electron chi connectivity index (χ3n) is 4.54. The van der Waals surface area contributed by atoms with Crippen molar-refractivity contribution in [1.82, 2.24) is 20.7 Å². The Bertz CT molecular complexity index is 954. The number of urea groups is 1. The zero-order valence-electron chi connectivity index (χ0n) is 15.7. The molecule has 1 atom stereocenters. The summed E-state index contributed by atoms with van der Waals surface area (Å²) in [6.07, 6.45) is -3.55. The zero-order valence-corrected chi connectivity index (χ0v) is 16.5. The number of aromatic nitrogens is 1. The van der Waals surface area contributed by atoms with Crippen molar-refractivity contribution >= 4 is 29.6 Å². The van der Waals surface area contributed by atoms with Crippen LogP contribution in [0.2, 0.25) is 0 Å². The van der Waals surface area contributed by atoms with Crippen LogP contribution in [0.4, 0.5) is 18.0 Å². The van der Waals surface area contributed by atoms with E-state index in [1.54, 1.807) is 37.3 Å². The number of nitrogens with one attached hydrogen (secondary N) is 2. The number of halogens is 3. The maximum Gasteiger partial charge on any atom is 0.417 e. The van der Waals surface area contributed by atoms with E-state index in [-0.39, 0.29) is 17.2 Å². The number of carbonyl (C=O) groups excluding carboxylic acids is 3. The molecule has 1 aliphatic rings. The van der Waals surface area contributed by atoms with Gasteiger partial charge in [0.1, 0.15) is 5.54 Å². The molecular weight excluding hydrogens is 421 g/mol. The fourth-order valence-corrected chi connectivity index (χ4v) is 3.60. The van der Waals surface area contributed by atoms with E-state index in [1.165, 1.54) is 0 Å². The molecule has 0 radical (unpaired) electrons. The number of rotatable bonds is 6. The third kappa shape index (κ3) is 4.25. The number of hydrazine groups is 1. The topological polar surface area (TPSA) is 91.4 Å². The second kappa shape index (κ2) is 8.34. The van der Waals surface area contributed by atoms with Gasteiger partial charge in [-0.1, -0.05) is 49.0 Å². The molecule has 0 spiro atoms. The van der Waals surface area contributed by atoms with Gasteiger partial charge in [-0.15, -0.1) is 0 Å². The fourth-order valence-electron chi connectivity index (χ4n) is 2.97. The van der Waals surface area contributed by atoms with E-state index >= 15 is 0 Å². The molecule has 30 heavy (non-hydrogen) atoms. The van der Waals surface area contributed by atoms with Gasteiger partial charge in [-0.25, -0.2) is 9.78 Å². The van der Waals surface area contributed by atoms with Crippen molar-refractivity contribution in [2.45, 2.75) is 30.1 Å². The Labute approximate surface area is 174 Å². The van der Waals surface area contributed by atoms with Crippen LogP contribution in [-0.2, 0) is 21.3 Å². The van der Waals surface area contributed by atoms with Crippen molar-refractivity contribution in [3.8, 4) is 0 Å². The van der Waals surface area contributed by atoms with Gasteiger partial charge < -0.3 is 5.32 Å². The summed E-state index contributed by atoms with van der Waals surface area (Å²) in [7, 11) is 0. The minimum atomic E-state index is -4.50. The molecule has 4 amide bonds. The van der Waals surface area contributed by atoms with Crippen molar-refractivity contribution in [2.24, 2.45) is 0 Å². The number of benzene rings is 1. The first-order chi connectivity index (χ1) is 14.2. The zero-order chi connectivity index (χ0) is 21.9. The van der Waals surface area contributed by atoms with Gasteiger partial charge in [0.25, 0.3) is 5.91 Å². The summed E-state index contributed by atoms with van der Waals surface area (Å²) in [5.74, 6) is -1.54. The summed E-state index contributed by atoms with van der Waals surface area (Å²) >= 11 is 0.876. The van der Waals surface area contributed by atoms with E-state index in [0.717, 1.165) is 23.9 Å². The second-order valence-corrected chi connectivity index (χ2v) is 7.40. The lowest BCUT2D eigenvalue weighted by Crippen LogP contribution is -2.49. The largest absolute Gasteiger partial charge is 0.417 e. The highest BCUT2D eigenvalue weighted by molar-refractivity contribution is 7.99. The molecule has 1 aromatic carbocycles. The number of pyridine rings is 1. The summed E-state index contributed by atoms with van der Waals surface area (Å²) in [4.78, 5) is 41.1. The molecule has 0 bridgehead atoms. The van der Waals surface area contributed by atoms with E-state index < -0.39 is 35.1 Å². The molecule has 158 valence electrons. The smallest absolute Gasteiger partial charge is 0.318 e. The van der Waals surface area contributed by atoms with E-state index in [0.29, 0.717) is 16.8 Å². The highest BCUT2D eigenvalue weighted by Gasteiger charge is 2.52. The molecular formula is C19H17F3N4O3S. The molecule has 2 N–H and O–H groups in total. The van der Waals surface area contributed by atoms with Crippen LogP contribution < -0.4 is 10.7 Å². The number of hydrogen-bond donors (Lipinski definition) is 2. The van der Waals surface area contributed by atoms with Crippen molar-refractivity contribution in [3.63, 3.8) is 0 Å². The summed E-state index contributed by atoms with van der Waals surface area (Å²) in [6.45, 7) is 1.74. The first kappa shape index (κ1) is 21.6. The van der Waals surface area contributed by atoms with Crippen LogP contribution in [0.5, 0.6) is 0 Å². The molecule has 7 nitrogen and oxygen atoms in total. The first-order valence-corrected chi connectivity index (χ1v) is 9.83. The number of imide groups is 1. The Morgan fingerprint density at radius 2 is 1.90 bits per heavy atom. The van der Waals surface area contributed by atoms with Gasteiger partial charge in [-0.05, 0) is 24.1 Å². The average Bonchev–Trinajstić information content (AvgIpc) is 2.97. The SMILES string of the molecule is CCC1(c2ccccc2)NC(=O)N(NC(=O)CSc2ccc(C(F)(F)F)cn2)C1=O. The maximum absolute atomic E-state index is 12.9. The highest BCUT2D eigenvalue weighted by atomic mass is 32.2. The van der Waals surface area contributed by atoms with Crippen molar-refractivity contribution < 1.29 is 27.6 Å². The van der Waals surface area contributed by atoms with E-state index in [4.69, 9.17) is 0 Å². The van der Waals surface area contributed by atoms with E-state index in [1.807, 2.05) is 0 Å². The number of hydrogen-bond acceptors (Lipinski definition) is 5. The van der Waals surface area contributed by atoms with Crippen molar-refractivity contribution in [2.75, 3.05) is 5.75 Å². The van der Waals surface area contributed by atoms with E-state index in [2.05, 4.69) is 15.7 Å². The highest BCUT2D eigenvalue weighted by Crippen LogP contribution is 2.32. The molecule has 2 aromatic rings. The summed E-state index contributed by atoms with van der Waals surface area (Å²) in [5, 5.41) is 3.45. The Morgan fingerprint density at radius 1 is 1.20 bits per heavy atom. The van der Waals surface area contributed by atoms with Crippen LogP contribution in [0.15, 0.2) is 53.7 Å². The molecule has 1 saturated heterocycles. The Hall–Kier alpha value is -3.08. The standard InChI is InChI=1S/C19H17F3N4O3S/c1-2-18(12-6-4-3-5-7-12)16(28)26(17(29)24-18)25-14(27)11-30-15-9-8-13(10-23-15)19(20,21)22/h3-10H,2,11H2,1H3,(H,24,29)(H,25,27). The second-order valence-electron chi connectivity index (χ2n) is 6.40. The van der Waals surface area contributed by atoms with Gasteiger partial charge in [0, 0.05) is 6.20 Å². The average molecular weight is 438 g/mol. The molecule has 2 heterocycles. The first-order valence-electron chi connectivity index (χ1n) is 8.85. The van der Waals surface area contributed by atoms with Crippen molar-refractivity contribution in [1.29, 1.82) is 0 Å². The van der Waals surface area contributed by atoms with Crippen LogP contribution in [0.1, 0.15) is 24.5 Å². The predicted molar refractivity (Wildman–Crippen MR) is 102 cm³/mol. The number of amides is 4. The molecule has 3 rings (SSSR count). The van der Waals surface area contributed by atoms with Crippen LogP contribution in [0.25, 0.3) is 0 Å². The molecule has 0 saturated carbocycles. The normalized spacial score (nSPS) is 19.0. The monoisotopic (exact) mass is 438 g/mol. The lowest BCUT2D eigenvalue weighted by atomic mass is 9.87. The fraction of sp³-hybridized carbons (Fsp3) is 0.263. The third-order valence-corrected chi connectivity index (χ3v) is 5.48. The molecule has 1 aliphatic heterocycles. The van der Waals surface area contributed by atoms with Crippen molar-refractivity contribution in [3.05, 3.63) is 59.8 Å². The number of nitrogens with zero attached hydrogens (tertiary/aromatic N) is 2. The minimum Gasteiger partial charge on any atom is -0.318 e. The summed E-state index contributed by atoms with van der Waals surface area (Å²) < 4.78 is 37.7.